The predicted molar refractivity (Wildman–Crippen MR) is 174 cm³/mol. The lowest BCUT2D eigenvalue weighted by Gasteiger charge is -2.42. The van der Waals surface area contributed by atoms with Crippen LogP contribution in [-0.2, 0) is 14.1 Å². The van der Waals surface area contributed by atoms with Crippen molar-refractivity contribution in [1.29, 1.82) is 0 Å². The van der Waals surface area contributed by atoms with Crippen LogP contribution in [0.5, 0.6) is 0 Å². The molecule has 0 unspecified atom stereocenters. The molecule has 2 aliphatic heterocycles. The Bertz CT molecular complexity index is 1710. The molecule has 3 heterocycles. The van der Waals surface area contributed by atoms with Gasteiger partial charge in [0.2, 0.25) is 5.91 Å². The van der Waals surface area contributed by atoms with Crippen LogP contribution in [-0.4, -0.2) is 59.4 Å². The molecular formula is C33H38BClN4O4. The summed E-state index contributed by atoms with van der Waals surface area (Å²) >= 11 is 7.01. The van der Waals surface area contributed by atoms with E-state index in [0.29, 0.717) is 52.4 Å². The summed E-state index contributed by atoms with van der Waals surface area (Å²) < 4.78 is 14.4. The van der Waals surface area contributed by atoms with Gasteiger partial charge in [0, 0.05) is 41.5 Å². The molecule has 43 heavy (non-hydrogen) atoms. The number of pyridine rings is 1. The molecular weight excluding hydrogens is 563 g/mol. The second-order valence-electron chi connectivity index (χ2n) is 12.7. The molecule has 0 spiro atoms. The van der Waals surface area contributed by atoms with Gasteiger partial charge >= 0.3 is 7.12 Å². The van der Waals surface area contributed by atoms with Gasteiger partial charge in [-0.15, -0.1) is 0 Å². The summed E-state index contributed by atoms with van der Waals surface area (Å²) in [7, 11) is -0.748. The molecule has 0 aliphatic carbocycles. The van der Waals surface area contributed by atoms with Crippen molar-refractivity contribution in [3.8, 4) is 5.69 Å². The highest BCUT2D eigenvalue weighted by Gasteiger charge is 2.52. The Morgan fingerprint density at radius 3 is 2.40 bits per heavy atom. The Kier molecular flexibility index (Phi) is 8.02. The number of hydrogen-bond donors (Lipinski definition) is 0. The van der Waals surface area contributed by atoms with Gasteiger partial charge in [-0.2, -0.15) is 0 Å². The second kappa shape index (κ2) is 11.2. The molecule has 224 valence electrons. The van der Waals surface area contributed by atoms with Crippen LogP contribution in [0.15, 0.2) is 53.8 Å². The molecule has 8 nitrogen and oxygen atoms in total. The zero-order chi connectivity index (χ0) is 31.4. The minimum atomic E-state index is -0.748. The highest BCUT2D eigenvalue weighted by atomic mass is 35.5. The first-order valence-electron chi connectivity index (χ1n) is 14.6. The molecule has 10 heteroatoms. The maximum absolute atomic E-state index is 14.5. The number of nitrogens with zero attached hydrogens (tertiary/aromatic N) is 4. The lowest BCUT2D eigenvalue weighted by Crippen LogP contribution is -2.53. The van der Waals surface area contributed by atoms with E-state index in [4.69, 9.17) is 27.5 Å². The van der Waals surface area contributed by atoms with E-state index >= 15 is 0 Å². The second-order valence-corrected chi connectivity index (χ2v) is 13.1. The fourth-order valence-electron chi connectivity index (χ4n) is 5.98. The molecule has 1 atom stereocenters. The minimum absolute atomic E-state index is 0.0147. The van der Waals surface area contributed by atoms with Gasteiger partial charge in [-0.1, -0.05) is 50.2 Å². The number of carbonyl (C=O) groups excluding carboxylic acids is 1. The summed E-state index contributed by atoms with van der Waals surface area (Å²) in [4.78, 5) is 34.4. The number of piperazine rings is 1. The number of carbonyl (C=O) groups is 1. The zero-order valence-corrected chi connectivity index (χ0v) is 26.7. The van der Waals surface area contributed by atoms with Crippen LogP contribution in [0.1, 0.15) is 59.9 Å². The van der Waals surface area contributed by atoms with Crippen molar-refractivity contribution in [2.45, 2.75) is 71.6 Å². The highest BCUT2D eigenvalue weighted by Crippen LogP contribution is 2.41. The van der Waals surface area contributed by atoms with Crippen molar-refractivity contribution in [3.05, 3.63) is 81.4 Å². The Balaban J connectivity index is 1.82. The normalized spacial score (nSPS) is 19.6. The number of anilines is 1. The first-order chi connectivity index (χ1) is 20.2. The van der Waals surface area contributed by atoms with Crippen molar-refractivity contribution in [3.63, 3.8) is 0 Å². The maximum Gasteiger partial charge on any atom is 0.496 e. The van der Waals surface area contributed by atoms with E-state index in [9.17, 15) is 9.59 Å². The molecule has 0 N–H and O–H groups in total. The summed E-state index contributed by atoms with van der Waals surface area (Å²) in [5, 5.41) is 1.09. The van der Waals surface area contributed by atoms with Crippen molar-refractivity contribution in [2.24, 2.45) is 0 Å². The fourth-order valence-corrected chi connectivity index (χ4v) is 6.23. The van der Waals surface area contributed by atoms with Crippen LogP contribution in [0, 0.1) is 6.57 Å². The van der Waals surface area contributed by atoms with Gasteiger partial charge in [0.1, 0.15) is 0 Å². The van der Waals surface area contributed by atoms with Crippen LogP contribution >= 0.6 is 11.6 Å². The van der Waals surface area contributed by atoms with E-state index in [0.717, 1.165) is 5.56 Å². The Morgan fingerprint density at radius 2 is 1.81 bits per heavy atom. The van der Waals surface area contributed by atoms with Gasteiger partial charge in [0.25, 0.3) is 11.2 Å². The third kappa shape index (κ3) is 5.16. The lowest BCUT2D eigenvalue weighted by atomic mass is 9.78. The van der Waals surface area contributed by atoms with E-state index in [1.165, 1.54) is 6.08 Å². The van der Waals surface area contributed by atoms with E-state index in [2.05, 4.69) is 25.3 Å². The molecule has 2 aliphatic rings. The number of hydrogen-bond acceptors (Lipinski definition) is 5. The highest BCUT2D eigenvalue weighted by molar-refractivity contribution is 6.66. The summed E-state index contributed by atoms with van der Waals surface area (Å²) in [5.41, 5.74) is 1.85. The van der Waals surface area contributed by atoms with Crippen LogP contribution in [0.2, 0.25) is 5.02 Å². The molecule has 2 saturated heterocycles. The van der Waals surface area contributed by atoms with Gasteiger partial charge in [0.15, 0.2) is 0 Å². The lowest BCUT2D eigenvalue weighted by molar-refractivity contribution is -0.126. The third-order valence-electron chi connectivity index (χ3n) is 9.06. The number of benzene rings is 2. The van der Waals surface area contributed by atoms with Gasteiger partial charge < -0.3 is 19.1 Å². The quantitative estimate of drug-likeness (QED) is 0.209. The molecule has 1 aromatic heterocycles. The maximum atomic E-state index is 14.5. The van der Waals surface area contributed by atoms with E-state index in [-0.39, 0.29) is 23.6 Å². The molecule has 2 aromatic carbocycles. The molecule has 1 amide bonds. The smallest absolute Gasteiger partial charge is 0.399 e. The topological polar surface area (TPSA) is 68.4 Å². The number of para-hydroxylation sites is 1. The van der Waals surface area contributed by atoms with E-state index in [1.807, 2.05) is 75.9 Å². The molecule has 0 radical (unpaired) electrons. The summed E-state index contributed by atoms with van der Waals surface area (Å²) in [6.07, 6.45) is 1.31. The zero-order valence-electron chi connectivity index (χ0n) is 25.9. The van der Waals surface area contributed by atoms with Crippen molar-refractivity contribution >= 4 is 52.4 Å². The summed E-state index contributed by atoms with van der Waals surface area (Å²) in [5.74, 6) is -0.0165. The summed E-state index contributed by atoms with van der Waals surface area (Å²) in [6, 6.07) is 11.3. The molecule has 3 aromatic rings. The predicted octanol–water partition coefficient (Wildman–Crippen LogP) is 5.84. The van der Waals surface area contributed by atoms with Gasteiger partial charge in [-0.3, -0.25) is 14.2 Å². The SMILES string of the molecule is [C-]#[N+]c1c(N2CCN(C(=O)C=C)C[C@@H]2C)c2cc(Cl)c(B3OC(C)(C)C(C)(C)O3)cc2n(-c2ccccc2C(C)C)c1=O. The van der Waals surface area contributed by atoms with E-state index in [1.54, 1.807) is 9.47 Å². The van der Waals surface area contributed by atoms with Crippen molar-refractivity contribution in [2.75, 3.05) is 24.5 Å². The van der Waals surface area contributed by atoms with Gasteiger partial charge in [0.05, 0.1) is 34.7 Å². The van der Waals surface area contributed by atoms with Crippen LogP contribution < -0.4 is 15.9 Å². The van der Waals surface area contributed by atoms with Crippen LogP contribution in [0.4, 0.5) is 11.4 Å². The number of halogens is 1. The third-order valence-corrected chi connectivity index (χ3v) is 9.39. The number of amides is 1. The summed E-state index contributed by atoms with van der Waals surface area (Å²) in [6.45, 7) is 27.2. The molecule has 5 rings (SSSR count). The Hall–Kier alpha value is -3.58. The molecule has 2 fully saturated rings. The average Bonchev–Trinajstić information content (AvgIpc) is 3.18. The van der Waals surface area contributed by atoms with Gasteiger partial charge in [-0.25, -0.2) is 4.85 Å². The first kappa shape index (κ1) is 30.9. The van der Waals surface area contributed by atoms with Crippen LogP contribution in [0.25, 0.3) is 21.4 Å². The first-order valence-corrected chi connectivity index (χ1v) is 15.0. The standard InChI is InChI=1S/C33H38BClN4O4/c1-10-28(40)37-15-16-38(21(4)19-37)30-23-17-25(35)24(34-42-32(5,6)33(7,8)43-34)18-27(23)39(31(41)29(30)36-9)26-14-12-11-13-22(26)20(2)3/h10-14,17-18,20-21H,1,15-16,19H2,2-8H3/t21-/m0/s1. The van der Waals surface area contributed by atoms with Crippen LogP contribution in [0.3, 0.4) is 0 Å². The fraction of sp³-hybridized carbons (Fsp3) is 0.424. The minimum Gasteiger partial charge on any atom is -0.399 e. The largest absolute Gasteiger partial charge is 0.496 e. The van der Waals surface area contributed by atoms with Crippen molar-refractivity contribution in [1.82, 2.24) is 9.47 Å². The number of rotatable bonds is 5. The van der Waals surface area contributed by atoms with Crippen molar-refractivity contribution < 1.29 is 14.1 Å². The Morgan fingerprint density at radius 1 is 1.16 bits per heavy atom. The van der Waals surface area contributed by atoms with Gasteiger partial charge in [-0.05, 0) is 70.4 Å². The monoisotopic (exact) mass is 600 g/mol. The number of fused-ring (bicyclic) bond motifs is 1. The molecule has 0 bridgehead atoms. The molecule has 0 saturated carbocycles. The Labute approximate surface area is 258 Å². The average molecular weight is 601 g/mol. The van der Waals surface area contributed by atoms with E-state index < -0.39 is 23.9 Å². The number of aromatic nitrogens is 1.